The average molecular weight is 447 g/mol. The van der Waals surface area contributed by atoms with Crippen molar-refractivity contribution in [1.29, 1.82) is 5.26 Å². The van der Waals surface area contributed by atoms with Crippen LogP contribution in [0, 0.1) is 25.2 Å². The van der Waals surface area contributed by atoms with Gasteiger partial charge in [0.2, 0.25) is 5.91 Å². The quantitative estimate of drug-likeness (QED) is 0.541. The van der Waals surface area contributed by atoms with Gasteiger partial charge in [0.05, 0.1) is 17.4 Å². The molecular formula is C24H26N6OS. The lowest BCUT2D eigenvalue weighted by atomic mass is 10.1. The number of rotatable bonds is 6. The molecule has 0 aliphatic carbocycles. The van der Waals surface area contributed by atoms with E-state index in [0.29, 0.717) is 11.3 Å². The number of piperazine rings is 1. The van der Waals surface area contributed by atoms with Crippen molar-refractivity contribution in [1.82, 2.24) is 24.6 Å². The van der Waals surface area contributed by atoms with E-state index in [1.807, 2.05) is 39.8 Å². The van der Waals surface area contributed by atoms with Crippen molar-refractivity contribution in [2.75, 3.05) is 31.9 Å². The molecular weight excluding hydrogens is 420 g/mol. The van der Waals surface area contributed by atoms with Crippen LogP contribution in [0.25, 0.3) is 5.69 Å². The van der Waals surface area contributed by atoms with Crippen LogP contribution < -0.4 is 0 Å². The molecule has 1 aliphatic rings. The predicted molar refractivity (Wildman–Crippen MR) is 125 cm³/mol. The number of hydrogen-bond acceptors (Lipinski definition) is 6. The van der Waals surface area contributed by atoms with Crippen LogP contribution in [0.3, 0.4) is 0 Å². The van der Waals surface area contributed by atoms with Gasteiger partial charge in [0.25, 0.3) is 0 Å². The first-order valence-corrected chi connectivity index (χ1v) is 11.6. The highest BCUT2D eigenvalue weighted by molar-refractivity contribution is 7.99. The van der Waals surface area contributed by atoms with E-state index in [4.69, 9.17) is 5.26 Å². The Bertz CT molecular complexity index is 1130. The minimum absolute atomic E-state index is 0.127. The van der Waals surface area contributed by atoms with E-state index in [2.05, 4.69) is 47.1 Å². The summed E-state index contributed by atoms with van der Waals surface area (Å²) in [5, 5.41) is 17.9. The summed E-state index contributed by atoms with van der Waals surface area (Å²) >= 11 is 1.43. The van der Waals surface area contributed by atoms with E-state index >= 15 is 0 Å². The third-order valence-electron chi connectivity index (χ3n) is 5.82. The Morgan fingerprint density at radius 2 is 1.81 bits per heavy atom. The number of carbonyl (C=O) groups excluding carboxylic acids is 1. The summed E-state index contributed by atoms with van der Waals surface area (Å²) in [5.74, 6) is 0.474. The molecule has 0 radical (unpaired) electrons. The van der Waals surface area contributed by atoms with Gasteiger partial charge in [-0.2, -0.15) is 5.26 Å². The van der Waals surface area contributed by atoms with Crippen molar-refractivity contribution in [3.63, 3.8) is 0 Å². The van der Waals surface area contributed by atoms with Crippen LogP contribution in [-0.2, 0) is 11.3 Å². The van der Waals surface area contributed by atoms with Crippen molar-refractivity contribution < 1.29 is 4.79 Å². The molecule has 3 aromatic rings. The molecule has 1 aliphatic heterocycles. The van der Waals surface area contributed by atoms with Crippen LogP contribution in [0.15, 0.2) is 53.9 Å². The molecule has 1 aromatic heterocycles. The van der Waals surface area contributed by atoms with Gasteiger partial charge in [-0.25, -0.2) is 0 Å². The normalized spacial score (nSPS) is 14.3. The molecule has 0 unspecified atom stereocenters. The fourth-order valence-electron chi connectivity index (χ4n) is 3.69. The maximum absolute atomic E-state index is 12.8. The van der Waals surface area contributed by atoms with Gasteiger partial charge in [-0.3, -0.25) is 14.3 Å². The zero-order valence-corrected chi connectivity index (χ0v) is 19.2. The van der Waals surface area contributed by atoms with Crippen LogP contribution in [0.5, 0.6) is 0 Å². The van der Waals surface area contributed by atoms with Crippen LogP contribution >= 0.6 is 11.8 Å². The summed E-state index contributed by atoms with van der Waals surface area (Å²) in [6.07, 6.45) is 1.69. The fraction of sp³-hybridized carbons (Fsp3) is 0.333. The Labute approximate surface area is 192 Å². The Morgan fingerprint density at radius 1 is 1.06 bits per heavy atom. The number of benzene rings is 2. The SMILES string of the molecule is Cc1ccc(-n2cnnc2SCC(=O)N2CCN(Cc3ccc(C#N)cc3)CC2)cc1C. The monoisotopic (exact) mass is 446 g/mol. The fourth-order valence-corrected chi connectivity index (χ4v) is 4.52. The Morgan fingerprint density at radius 3 is 2.50 bits per heavy atom. The van der Waals surface area contributed by atoms with Crippen LogP contribution in [0.4, 0.5) is 0 Å². The first kappa shape index (κ1) is 22.1. The predicted octanol–water partition coefficient (Wildman–Crippen LogP) is 3.19. The van der Waals surface area contributed by atoms with Gasteiger partial charge in [0.15, 0.2) is 5.16 Å². The number of hydrogen-bond donors (Lipinski definition) is 0. The molecule has 2 aromatic carbocycles. The minimum atomic E-state index is 0.127. The van der Waals surface area contributed by atoms with Crippen molar-refractivity contribution in [2.24, 2.45) is 0 Å². The lowest BCUT2D eigenvalue weighted by Gasteiger charge is -2.34. The standard InChI is InChI=1S/C24H26N6OS/c1-18-3-8-22(13-19(18)2)30-17-26-27-24(30)32-16-23(31)29-11-9-28(10-12-29)15-21-6-4-20(14-25)5-7-21/h3-8,13,17H,9-12,15-16H2,1-2H3. The van der Waals surface area contributed by atoms with Gasteiger partial charge in [0, 0.05) is 38.4 Å². The first-order chi connectivity index (χ1) is 15.5. The Hall–Kier alpha value is -3.15. The lowest BCUT2D eigenvalue weighted by molar-refractivity contribution is -0.130. The van der Waals surface area contributed by atoms with Gasteiger partial charge >= 0.3 is 0 Å². The van der Waals surface area contributed by atoms with E-state index < -0.39 is 0 Å². The maximum Gasteiger partial charge on any atom is 0.233 e. The van der Waals surface area contributed by atoms with Crippen molar-refractivity contribution in [2.45, 2.75) is 25.5 Å². The average Bonchev–Trinajstić information content (AvgIpc) is 3.29. The van der Waals surface area contributed by atoms with Crippen molar-refractivity contribution in [3.8, 4) is 11.8 Å². The smallest absolute Gasteiger partial charge is 0.233 e. The lowest BCUT2D eigenvalue weighted by Crippen LogP contribution is -2.48. The topological polar surface area (TPSA) is 78.1 Å². The highest BCUT2D eigenvalue weighted by atomic mass is 32.2. The molecule has 0 atom stereocenters. The van der Waals surface area contributed by atoms with Gasteiger partial charge in [-0.05, 0) is 54.8 Å². The number of aromatic nitrogens is 3. The van der Waals surface area contributed by atoms with Gasteiger partial charge in [-0.15, -0.1) is 10.2 Å². The molecule has 164 valence electrons. The van der Waals surface area contributed by atoms with Crippen LogP contribution in [0.1, 0.15) is 22.3 Å². The molecule has 7 nitrogen and oxygen atoms in total. The van der Waals surface area contributed by atoms with Gasteiger partial charge < -0.3 is 4.90 Å². The molecule has 32 heavy (non-hydrogen) atoms. The van der Waals surface area contributed by atoms with E-state index in [-0.39, 0.29) is 5.91 Å². The maximum atomic E-state index is 12.8. The third kappa shape index (κ3) is 5.18. The molecule has 0 bridgehead atoms. The van der Waals surface area contributed by atoms with Crippen molar-refractivity contribution >= 4 is 17.7 Å². The highest BCUT2D eigenvalue weighted by Gasteiger charge is 2.22. The second-order valence-corrected chi connectivity index (χ2v) is 8.95. The summed E-state index contributed by atoms with van der Waals surface area (Å²) in [5.41, 5.74) is 5.32. The van der Waals surface area contributed by atoms with Crippen LogP contribution in [0.2, 0.25) is 0 Å². The molecule has 1 amide bonds. The van der Waals surface area contributed by atoms with E-state index in [9.17, 15) is 4.79 Å². The molecule has 0 saturated carbocycles. The molecule has 8 heteroatoms. The summed E-state index contributed by atoms with van der Waals surface area (Å²) < 4.78 is 1.93. The number of carbonyl (C=O) groups is 1. The Kier molecular flexibility index (Phi) is 6.88. The van der Waals surface area contributed by atoms with E-state index in [1.165, 1.54) is 28.5 Å². The summed E-state index contributed by atoms with van der Waals surface area (Å²) in [6, 6.07) is 16.1. The van der Waals surface area contributed by atoms with Gasteiger partial charge in [-0.1, -0.05) is 30.0 Å². The summed E-state index contributed by atoms with van der Waals surface area (Å²) in [7, 11) is 0. The molecule has 2 heterocycles. The van der Waals surface area contributed by atoms with Gasteiger partial charge in [0.1, 0.15) is 6.33 Å². The number of aryl methyl sites for hydroxylation is 2. The second kappa shape index (κ2) is 9.98. The number of thioether (sulfide) groups is 1. The zero-order chi connectivity index (χ0) is 22.5. The van der Waals surface area contributed by atoms with Crippen molar-refractivity contribution in [3.05, 3.63) is 71.0 Å². The van der Waals surface area contributed by atoms with Crippen LogP contribution in [-0.4, -0.2) is 62.4 Å². The Balaban J connectivity index is 1.28. The molecule has 0 N–H and O–H groups in total. The van der Waals surface area contributed by atoms with E-state index in [0.717, 1.165) is 43.6 Å². The largest absolute Gasteiger partial charge is 0.339 e. The second-order valence-electron chi connectivity index (χ2n) is 8.01. The third-order valence-corrected chi connectivity index (χ3v) is 6.75. The molecule has 0 spiro atoms. The highest BCUT2D eigenvalue weighted by Crippen LogP contribution is 2.22. The first-order valence-electron chi connectivity index (χ1n) is 10.6. The number of amides is 1. The number of nitriles is 1. The summed E-state index contributed by atoms with van der Waals surface area (Å²) in [4.78, 5) is 17.0. The minimum Gasteiger partial charge on any atom is -0.339 e. The zero-order valence-electron chi connectivity index (χ0n) is 18.4. The molecule has 4 rings (SSSR count). The molecule has 1 saturated heterocycles. The number of nitrogens with zero attached hydrogens (tertiary/aromatic N) is 6. The molecule has 1 fully saturated rings. The van der Waals surface area contributed by atoms with E-state index in [1.54, 1.807) is 6.33 Å². The summed E-state index contributed by atoms with van der Waals surface area (Å²) in [6.45, 7) is 8.13.